The number of hydrogen-bond donors (Lipinski definition) is 2. The third kappa shape index (κ3) is 4.23. The van der Waals surface area contributed by atoms with Crippen LogP contribution in [0, 0.1) is 0 Å². The van der Waals surface area contributed by atoms with Crippen molar-refractivity contribution in [2.75, 3.05) is 0 Å². The van der Waals surface area contributed by atoms with Gasteiger partial charge in [0.05, 0.1) is 5.56 Å². The number of carboxylic acids is 1. The Morgan fingerprint density at radius 1 is 1.00 bits per heavy atom. The molecular formula is C15H23NaO3. The van der Waals surface area contributed by atoms with Crippen LogP contribution in [0.25, 0.3) is 0 Å². The van der Waals surface area contributed by atoms with Gasteiger partial charge in [0.2, 0.25) is 0 Å². The molecular weight excluding hydrogens is 251 g/mol. The van der Waals surface area contributed by atoms with Gasteiger partial charge in [-0.1, -0.05) is 41.5 Å². The molecule has 19 heavy (non-hydrogen) atoms. The first-order chi connectivity index (χ1) is 7.94. The summed E-state index contributed by atoms with van der Waals surface area (Å²) in [7, 11) is 0. The summed E-state index contributed by atoms with van der Waals surface area (Å²) in [5.41, 5.74) is 0.992. The average Bonchev–Trinajstić information content (AvgIpc) is 2.12. The van der Waals surface area contributed by atoms with Crippen LogP contribution in [0.4, 0.5) is 0 Å². The van der Waals surface area contributed by atoms with Crippen molar-refractivity contribution in [3.8, 4) is 5.75 Å². The van der Waals surface area contributed by atoms with E-state index in [1.54, 1.807) is 12.1 Å². The summed E-state index contributed by atoms with van der Waals surface area (Å²) in [5, 5.41) is 19.3. The molecule has 2 N–H and O–H groups in total. The van der Waals surface area contributed by atoms with E-state index in [0.717, 1.165) is 0 Å². The Morgan fingerprint density at radius 3 is 1.53 bits per heavy atom. The minimum atomic E-state index is -0.940. The molecule has 0 aliphatic carbocycles. The molecule has 102 valence electrons. The van der Waals surface area contributed by atoms with Gasteiger partial charge in [-0.25, -0.2) is 4.79 Å². The Balaban J connectivity index is 0. The van der Waals surface area contributed by atoms with Gasteiger partial charge in [0.15, 0.2) is 0 Å². The van der Waals surface area contributed by atoms with Crippen LogP contribution in [0.2, 0.25) is 0 Å². The van der Waals surface area contributed by atoms with Crippen LogP contribution in [0.15, 0.2) is 12.1 Å². The molecule has 0 aliphatic heterocycles. The Kier molecular flexibility index (Phi) is 5.70. The predicted molar refractivity (Wildman–Crippen MR) is 73.6 cm³/mol. The molecule has 0 fully saturated rings. The summed E-state index contributed by atoms with van der Waals surface area (Å²) < 4.78 is 0. The first kappa shape index (κ1) is 18.5. The first-order valence-corrected chi connectivity index (χ1v) is 6.06. The third-order valence-electron chi connectivity index (χ3n) is 2.95. The second-order valence-corrected chi connectivity index (χ2v) is 6.72. The monoisotopic (exact) mass is 274 g/mol. The standard InChI is InChI=1S/C15H22O3.Na.H/c1-14(2,3)10-7-9(16)8-11(15(4,5)6)12(10)13(17)18;;/h7-8,16H,1-6H3,(H,17,18);;/q;+1;-1. The normalized spacial score (nSPS) is 11.9. The van der Waals surface area contributed by atoms with Crippen molar-refractivity contribution in [2.45, 2.75) is 52.4 Å². The summed E-state index contributed by atoms with van der Waals surface area (Å²) in [4.78, 5) is 11.6. The molecule has 1 rings (SSSR count). The van der Waals surface area contributed by atoms with Crippen LogP contribution in [-0.2, 0) is 10.8 Å². The number of carboxylic acid groups (broad SMARTS) is 1. The maximum atomic E-state index is 11.6. The van der Waals surface area contributed by atoms with Gasteiger partial charge in [-0.15, -0.1) is 0 Å². The summed E-state index contributed by atoms with van der Waals surface area (Å²) >= 11 is 0. The molecule has 4 heteroatoms. The van der Waals surface area contributed by atoms with E-state index in [1.165, 1.54) is 0 Å². The van der Waals surface area contributed by atoms with Crippen LogP contribution < -0.4 is 29.6 Å². The molecule has 0 aromatic heterocycles. The number of aromatic carboxylic acids is 1. The molecule has 0 unspecified atom stereocenters. The second-order valence-electron chi connectivity index (χ2n) is 6.72. The van der Waals surface area contributed by atoms with Gasteiger partial charge in [-0.3, -0.25) is 0 Å². The quantitative estimate of drug-likeness (QED) is 0.745. The van der Waals surface area contributed by atoms with Crippen molar-refractivity contribution < 1.29 is 46.0 Å². The molecule has 3 nitrogen and oxygen atoms in total. The smallest absolute Gasteiger partial charge is 1.00 e. The zero-order chi connectivity index (χ0) is 14.3. The van der Waals surface area contributed by atoms with Crippen molar-refractivity contribution >= 4 is 5.97 Å². The van der Waals surface area contributed by atoms with E-state index >= 15 is 0 Å². The van der Waals surface area contributed by atoms with E-state index < -0.39 is 5.97 Å². The molecule has 1 aromatic rings. The van der Waals surface area contributed by atoms with Gasteiger partial charge in [-0.05, 0) is 34.1 Å². The Morgan fingerprint density at radius 2 is 1.32 bits per heavy atom. The molecule has 0 atom stereocenters. The Hall–Kier alpha value is -0.510. The van der Waals surface area contributed by atoms with Crippen molar-refractivity contribution in [2.24, 2.45) is 0 Å². The van der Waals surface area contributed by atoms with Crippen molar-refractivity contribution in [1.29, 1.82) is 0 Å². The SMILES string of the molecule is CC(C)(C)c1cc(O)cc(C(C)(C)C)c1C(=O)O.[H-].[Na+]. The van der Waals surface area contributed by atoms with Gasteiger partial charge in [0, 0.05) is 0 Å². The maximum Gasteiger partial charge on any atom is 1.00 e. The van der Waals surface area contributed by atoms with E-state index in [0.29, 0.717) is 16.7 Å². The molecule has 0 saturated carbocycles. The summed E-state index contributed by atoms with van der Waals surface area (Å²) in [5.74, 6) is -0.820. The Labute approximate surface area is 138 Å². The molecule has 0 bridgehead atoms. The molecule has 0 heterocycles. The first-order valence-electron chi connectivity index (χ1n) is 6.06. The maximum absolute atomic E-state index is 11.6. The molecule has 0 radical (unpaired) electrons. The number of rotatable bonds is 1. The van der Waals surface area contributed by atoms with Crippen molar-refractivity contribution in [3.05, 3.63) is 28.8 Å². The van der Waals surface area contributed by atoms with Gasteiger partial charge < -0.3 is 11.6 Å². The van der Waals surface area contributed by atoms with E-state index in [4.69, 9.17) is 0 Å². The number of benzene rings is 1. The topological polar surface area (TPSA) is 57.5 Å². The fraction of sp³-hybridized carbons (Fsp3) is 0.533. The van der Waals surface area contributed by atoms with Crippen molar-refractivity contribution in [3.63, 3.8) is 0 Å². The summed E-state index contributed by atoms with van der Waals surface area (Å²) in [6.07, 6.45) is 0. The third-order valence-corrected chi connectivity index (χ3v) is 2.95. The average molecular weight is 274 g/mol. The van der Waals surface area contributed by atoms with Crippen LogP contribution in [0.1, 0.15) is 64.5 Å². The van der Waals surface area contributed by atoms with Crippen LogP contribution in [0.3, 0.4) is 0 Å². The number of hydrogen-bond acceptors (Lipinski definition) is 2. The van der Waals surface area contributed by atoms with E-state index in [2.05, 4.69) is 0 Å². The van der Waals surface area contributed by atoms with Gasteiger partial charge >= 0.3 is 35.5 Å². The number of aromatic hydroxyl groups is 1. The zero-order valence-electron chi connectivity index (χ0n) is 14.0. The minimum Gasteiger partial charge on any atom is -1.00 e. The number of phenols is 1. The summed E-state index contributed by atoms with van der Waals surface area (Å²) in [6.45, 7) is 11.7. The fourth-order valence-corrected chi connectivity index (χ4v) is 2.04. The van der Waals surface area contributed by atoms with Gasteiger partial charge in [-0.2, -0.15) is 0 Å². The van der Waals surface area contributed by atoms with E-state index in [-0.39, 0.29) is 47.6 Å². The van der Waals surface area contributed by atoms with Crippen LogP contribution in [-0.4, -0.2) is 16.2 Å². The molecule has 0 aliphatic rings. The van der Waals surface area contributed by atoms with E-state index in [9.17, 15) is 15.0 Å². The van der Waals surface area contributed by atoms with Gasteiger partial charge in [0.25, 0.3) is 0 Å². The molecule has 1 aromatic carbocycles. The molecule has 0 spiro atoms. The second kappa shape index (κ2) is 5.86. The van der Waals surface area contributed by atoms with Crippen molar-refractivity contribution in [1.82, 2.24) is 0 Å². The molecule has 0 amide bonds. The summed E-state index contributed by atoms with van der Waals surface area (Å²) in [6, 6.07) is 3.11. The fourth-order valence-electron chi connectivity index (χ4n) is 2.04. The number of carbonyl (C=O) groups is 1. The van der Waals surface area contributed by atoms with Gasteiger partial charge in [0.1, 0.15) is 5.75 Å². The minimum absolute atomic E-state index is 0. The predicted octanol–water partition coefficient (Wildman–Crippen LogP) is 0.802. The Bertz CT molecular complexity index is 450. The van der Waals surface area contributed by atoms with Crippen LogP contribution in [0.5, 0.6) is 5.75 Å². The number of phenolic OH excluding ortho intramolecular Hbond substituents is 1. The molecule has 0 saturated heterocycles. The van der Waals surface area contributed by atoms with Crippen LogP contribution >= 0.6 is 0 Å². The van der Waals surface area contributed by atoms with E-state index in [1.807, 2.05) is 41.5 Å². The largest absolute Gasteiger partial charge is 1.00 e. The zero-order valence-corrected chi connectivity index (χ0v) is 15.0.